The van der Waals surface area contributed by atoms with Gasteiger partial charge in [0.15, 0.2) is 0 Å². The van der Waals surface area contributed by atoms with Crippen LogP contribution in [-0.4, -0.2) is 43.3 Å². The van der Waals surface area contributed by atoms with E-state index in [1.807, 2.05) is 0 Å². The largest absolute Gasteiger partial charge is 0.377 e. The molecule has 76 valence electrons. The van der Waals surface area contributed by atoms with Gasteiger partial charge in [-0.3, -0.25) is 4.90 Å². The first-order chi connectivity index (χ1) is 6.40. The maximum atomic E-state index is 5.72. The van der Waals surface area contributed by atoms with E-state index in [4.69, 9.17) is 10.5 Å². The van der Waals surface area contributed by atoms with Crippen molar-refractivity contribution in [3.8, 4) is 0 Å². The number of nitrogens with two attached hydrogens (primary N) is 1. The first-order valence-electron chi connectivity index (χ1n) is 5.46. The molecule has 0 bridgehead atoms. The molecular weight excluding hydrogens is 164 g/mol. The fourth-order valence-electron chi connectivity index (χ4n) is 2.45. The minimum atomic E-state index is 0.493. The van der Waals surface area contributed by atoms with E-state index in [2.05, 4.69) is 4.90 Å². The summed E-state index contributed by atoms with van der Waals surface area (Å²) in [5.74, 6) is 0. The Kier molecular flexibility index (Phi) is 3.19. The van der Waals surface area contributed by atoms with Gasteiger partial charge in [0.2, 0.25) is 0 Å². The first-order valence-corrected chi connectivity index (χ1v) is 5.46. The summed E-state index contributed by atoms with van der Waals surface area (Å²) >= 11 is 0. The molecule has 2 heterocycles. The van der Waals surface area contributed by atoms with Gasteiger partial charge in [0.25, 0.3) is 0 Å². The number of hydrogen-bond acceptors (Lipinski definition) is 3. The second-order valence-corrected chi connectivity index (χ2v) is 4.16. The van der Waals surface area contributed by atoms with Gasteiger partial charge in [-0.25, -0.2) is 0 Å². The maximum absolute atomic E-state index is 5.72. The lowest BCUT2D eigenvalue weighted by Gasteiger charge is -2.25. The Hall–Kier alpha value is -0.120. The van der Waals surface area contributed by atoms with Crippen molar-refractivity contribution >= 4 is 0 Å². The van der Waals surface area contributed by atoms with E-state index < -0.39 is 0 Å². The van der Waals surface area contributed by atoms with Crippen molar-refractivity contribution in [1.82, 2.24) is 4.90 Å². The third kappa shape index (κ3) is 2.22. The lowest BCUT2D eigenvalue weighted by Crippen LogP contribution is -2.40. The molecule has 0 aromatic heterocycles. The highest BCUT2D eigenvalue weighted by Crippen LogP contribution is 2.20. The normalized spacial score (nSPS) is 35.8. The molecule has 2 aliphatic heterocycles. The lowest BCUT2D eigenvalue weighted by atomic mass is 10.2. The summed E-state index contributed by atoms with van der Waals surface area (Å²) in [6, 6.07) is 0.629. The Morgan fingerprint density at radius 2 is 2.23 bits per heavy atom. The molecule has 0 amide bonds. The van der Waals surface area contributed by atoms with Crippen LogP contribution >= 0.6 is 0 Å². The summed E-state index contributed by atoms with van der Waals surface area (Å²) in [7, 11) is 0. The van der Waals surface area contributed by atoms with E-state index >= 15 is 0 Å². The molecule has 2 unspecified atom stereocenters. The Morgan fingerprint density at radius 3 is 2.92 bits per heavy atom. The molecule has 0 aromatic rings. The summed E-state index contributed by atoms with van der Waals surface area (Å²) in [5.41, 5.74) is 5.72. The van der Waals surface area contributed by atoms with E-state index in [1.54, 1.807) is 0 Å². The second kappa shape index (κ2) is 4.40. The predicted molar refractivity (Wildman–Crippen MR) is 52.6 cm³/mol. The van der Waals surface area contributed by atoms with Gasteiger partial charge in [-0.1, -0.05) is 0 Å². The van der Waals surface area contributed by atoms with E-state index in [0.717, 1.165) is 19.7 Å². The Morgan fingerprint density at radius 1 is 1.31 bits per heavy atom. The summed E-state index contributed by atoms with van der Waals surface area (Å²) in [6.07, 6.45) is 5.57. The minimum absolute atomic E-state index is 0.493. The highest BCUT2D eigenvalue weighted by molar-refractivity contribution is 4.82. The Bertz CT molecular complexity index is 157. The van der Waals surface area contributed by atoms with Crippen molar-refractivity contribution in [2.45, 2.75) is 37.8 Å². The Labute approximate surface area is 80.2 Å². The van der Waals surface area contributed by atoms with Crippen LogP contribution in [0.1, 0.15) is 25.7 Å². The molecule has 2 fully saturated rings. The fourth-order valence-corrected chi connectivity index (χ4v) is 2.45. The zero-order valence-electron chi connectivity index (χ0n) is 8.24. The van der Waals surface area contributed by atoms with Crippen molar-refractivity contribution in [3.63, 3.8) is 0 Å². The van der Waals surface area contributed by atoms with E-state index in [9.17, 15) is 0 Å². The average molecular weight is 184 g/mol. The van der Waals surface area contributed by atoms with Crippen molar-refractivity contribution in [2.75, 3.05) is 26.2 Å². The zero-order chi connectivity index (χ0) is 9.10. The van der Waals surface area contributed by atoms with Crippen molar-refractivity contribution in [2.24, 2.45) is 5.73 Å². The molecule has 2 N–H and O–H groups in total. The molecule has 3 nitrogen and oxygen atoms in total. The smallest absolute Gasteiger partial charge is 0.0702 e. The van der Waals surface area contributed by atoms with Crippen molar-refractivity contribution < 1.29 is 4.74 Å². The van der Waals surface area contributed by atoms with Crippen molar-refractivity contribution in [3.05, 3.63) is 0 Å². The van der Waals surface area contributed by atoms with Crippen LogP contribution in [0.4, 0.5) is 0 Å². The summed E-state index contributed by atoms with van der Waals surface area (Å²) < 4.78 is 5.63. The van der Waals surface area contributed by atoms with E-state index in [-0.39, 0.29) is 0 Å². The molecule has 3 heteroatoms. The fraction of sp³-hybridized carbons (Fsp3) is 1.00. The third-order valence-electron chi connectivity index (χ3n) is 3.23. The van der Waals surface area contributed by atoms with Gasteiger partial charge in [-0.2, -0.15) is 0 Å². The average Bonchev–Trinajstić information content (AvgIpc) is 2.76. The highest BCUT2D eigenvalue weighted by Gasteiger charge is 2.27. The van der Waals surface area contributed by atoms with Gasteiger partial charge in [-0.15, -0.1) is 0 Å². The molecule has 2 atom stereocenters. The molecule has 0 aliphatic carbocycles. The van der Waals surface area contributed by atoms with Gasteiger partial charge in [0, 0.05) is 25.7 Å². The molecule has 0 radical (unpaired) electrons. The zero-order valence-corrected chi connectivity index (χ0v) is 8.24. The van der Waals surface area contributed by atoms with E-state index in [1.165, 1.54) is 32.2 Å². The SMILES string of the molecule is NCC1CCCN1CC1CCCO1. The van der Waals surface area contributed by atoms with Crippen LogP contribution in [0.5, 0.6) is 0 Å². The molecule has 0 spiro atoms. The summed E-state index contributed by atoms with van der Waals surface area (Å²) in [5, 5.41) is 0. The van der Waals surface area contributed by atoms with Gasteiger partial charge in [0.05, 0.1) is 6.10 Å². The second-order valence-electron chi connectivity index (χ2n) is 4.16. The molecule has 2 saturated heterocycles. The molecule has 13 heavy (non-hydrogen) atoms. The number of hydrogen-bond donors (Lipinski definition) is 1. The number of ether oxygens (including phenoxy) is 1. The highest BCUT2D eigenvalue weighted by atomic mass is 16.5. The number of rotatable bonds is 3. The van der Waals surface area contributed by atoms with Crippen LogP contribution in [0.2, 0.25) is 0 Å². The molecule has 0 saturated carbocycles. The number of likely N-dealkylation sites (tertiary alicyclic amines) is 1. The van der Waals surface area contributed by atoms with Gasteiger partial charge in [-0.05, 0) is 32.2 Å². The summed E-state index contributed by atoms with van der Waals surface area (Å²) in [4.78, 5) is 2.51. The topological polar surface area (TPSA) is 38.5 Å². The quantitative estimate of drug-likeness (QED) is 0.697. The van der Waals surface area contributed by atoms with Crippen LogP contribution in [0, 0.1) is 0 Å². The predicted octanol–water partition coefficient (Wildman–Crippen LogP) is 0.588. The van der Waals surface area contributed by atoms with Gasteiger partial charge >= 0.3 is 0 Å². The standard InChI is InChI=1S/C10H20N2O/c11-7-9-3-1-5-12(9)8-10-4-2-6-13-10/h9-10H,1-8,11H2. The molecule has 2 aliphatic rings. The van der Waals surface area contributed by atoms with Crippen LogP contribution in [0.25, 0.3) is 0 Å². The first kappa shape index (κ1) is 9.44. The van der Waals surface area contributed by atoms with Crippen LogP contribution in [0.15, 0.2) is 0 Å². The van der Waals surface area contributed by atoms with Crippen LogP contribution < -0.4 is 5.73 Å². The van der Waals surface area contributed by atoms with Crippen LogP contribution in [0.3, 0.4) is 0 Å². The van der Waals surface area contributed by atoms with E-state index in [0.29, 0.717) is 12.1 Å². The molecule has 2 rings (SSSR count). The summed E-state index contributed by atoms with van der Waals surface area (Å²) in [6.45, 7) is 4.11. The minimum Gasteiger partial charge on any atom is -0.377 e. The third-order valence-corrected chi connectivity index (χ3v) is 3.23. The lowest BCUT2D eigenvalue weighted by molar-refractivity contribution is 0.0700. The van der Waals surface area contributed by atoms with Crippen LogP contribution in [-0.2, 0) is 4.74 Å². The van der Waals surface area contributed by atoms with Gasteiger partial charge < -0.3 is 10.5 Å². The molecule has 0 aromatic carbocycles. The number of nitrogens with zero attached hydrogens (tertiary/aromatic N) is 1. The molecular formula is C10H20N2O. The maximum Gasteiger partial charge on any atom is 0.0702 e. The monoisotopic (exact) mass is 184 g/mol. The van der Waals surface area contributed by atoms with Gasteiger partial charge in [0.1, 0.15) is 0 Å². The Balaban J connectivity index is 1.79. The van der Waals surface area contributed by atoms with Crippen molar-refractivity contribution in [1.29, 1.82) is 0 Å².